The number of piperidine rings is 1. The van der Waals surface area contributed by atoms with Crippen LogP contribution in [0.3, 0.4) is 0 Å². The van der Waals surface area contributed by atoms with Gasteiger partial charge >= 0.3 is 0 Å². The number of nitrogens with one attached hydrogen (secondary N) is 2. The minimum atomic E-state index is -0.821. The molecule has 6 rings (SSSR count). The fourth-order valence-electron chi connectivity index (χ4n) is 6.41. The Balaban J connectivity index is 0.00000139. The number of benzene rings is 1. The van der Waals surface area contributed by atoms with Crippen LogP contribution in [0, 0.1) is 17.2 Å². The number of halogens is 1. The number of fused-ring (bicyclic) bond motifs is 2. The zero-order valence-corrected chi connectivity index (χ0v) is 27.9. The standard InChI is InChI=1S/C34H41FN6O2S.CH2O2/c1-34(2,3)24-8-9-27-22(16-24)18-29-32(39-27)44-33(40-29)31(43)38-28(12-15-41-13-10-25(36)11-14-41)21-6-4-20(5-7-21)23-17-26(35)30(42)37-19-23;2-1-3/h4-7,17-19,24-25,28H,8-16,36H2,1-3H3,(H,37,42)(H,38,43);1H,(H,2,3)/t24-,28+;/m0./s1. The third kappa shape index (κ3) is 8.48. The number of carbonyl (C=O) groups is 2. The Kier molecular flexibility index (Phi) is 10.8. The number of carboxylic acid groups (broad SMARTS) is 1. The fraction of sp³-hybridized carbons (Fsp3) is 0.457. The number of likely N-dealkylation sites (tertiary alicyclic amines) is 1. The van der Waals surface area contributed by atoms with Gasteiger partial charge in [-0.25, -0.2) is 14.4 Å². The van der Waals surface area contributed by atoms with Crippen molar-refractivity contribution < 1.29 is 19.1 Å². The number of thiazole rings is 1. The molecule has 1 amide bonds. The van der Waals surface area contributed by atoms with Gasteiger partial charge in [0.2, 0.25) is 0 Å². The first-order chi connectivity index (χ1) is 22.4. The molecule has 3 aromatic heterocycles. The van der Waals surface area contributed by atoms with Crippen molar-refractivity contribution >= 4 is 34.1 Å². The molecule has 0 unspecified atom stereocenters. The molecule has 0 saturated carbocycles. The molecule has 1 saturated heterocycles. The van der Waals surface area contributed by atoms with Crippen LogP contribution in [0.2, 0.25) is 0 Å². The van der Waals surface area contributed by atoms with Crippen LogP contribution < -0.4 is 16.6 Å². The van der Waals surface area contributed by atoms with Crippen LogP contribution in [-0.4, -0.2) is 63.0 Å². The second kappa shape index (κ2) is 14.8. The number of H-pyrrole nitrogens is 1. The Hall–Kier alpha value is -4.00. The molecule has 47 heavy (non-hydrogen) atoms. The lowest BCUT2D eigenvalue weighted by atomic mass is 9.71. The van der Waals surface area contributed by atoms with E-state index in [0.29, 0.717) is 16.5 Å². The zero-order chi connectivity index (χ0) is 33.7. The average Bonchev–Trinajstić information content (AvgIpc) is 3.47. The summed E-state index contributed by atoms with van der Waals surface area (Å²) in [5.74, 6) is -0.434. The van der Waals surface area contributed by atoms with Gasteiger partial charge < -0.3 is 26.0 Å². The summed E-state index contributed by atoms with van der Waals surface area (Å²) in [6.45, 7) is 9.37. The quantitative estimate of drug-likeness (QED) is 0.194. The van der Waals surface area contributed by atoms with Crippen molar-refractivity contribution in [2.45, 2.75) is 71.4 Å². The fourth-order valence-corrected chi connectivity index (χ4v) is 7.25. The lowest BCUT2D eigenvalue weighted by Crippen LogP contribution is -2.41. The van der Waals surface area contributed by atoms with Gasteiger partial charge in [0.25, 0.3) is 17.9 Å². The van der Waals surface area contributed by atoms with Crippen molar-refractivity contribution in [3.63, 3.8) is 0 Å². The molecule has 0 radical (unpaired) electrons. The van der Waals surface area contributed by atoms with Gasteiger partial charge in [-0.2, -0.15) is 0 Å². The second-order valence-corrected chi connectivity index (χ2v) is 14.5. The number of carbonyl (C=O) groups excluding carboxylic acids is 1. The van der Waals surface area contributed by atoms with E-state index in [4.69, 9.17) is 25.6 Å². The first kappa shape index (κ1) is 34.3. The minimum absolute atomic E-state index is 0.212. The highest BCUT2D eigenvalue weighted by molar-refractivity contribution is 7.19. The number of rotatable bonds is 7. The monoisotopic (exact) mass is 662 g/mol. The molecule has 4 heterocycles. The van der Waals surface area contributed by atoms with Crippen LogP contribution >= 0.6 is 11.3 Å². The molecule has 2 aliphatic rings. The molecule has 12 heteroatoms. The maximum absolute atomic E-state index is 13.9. The van der Waals surface area contributed by atoms with Gasteiger partial charge in [0.1, 0.15) is 10.3 Å². The highest BCUT2D eigenvalue weighted by atomic mass is 32.1. The van der Waals surface area contributed by atoms with E-state index in [1.165, 1.54) is 29.2 Å². The summed E-state index contributed by atoms with van der Waals surface area (Å²) in [7, 11) is 0. The van der Waals surface area contributed by atoms with Gasteiger partial charge in [-0.15, -0.1) is 0 Å². The van der Waals surface area contributed by atoms with E-state index >= 15 is 0 Å². The summed E-state index contributed by atoms with van der Waals surface area (Å²) in [6, 6.07) is 11.1. The smallest absolute Gasteiger partial charge is 0.290 e. The first-order valence-electron chi connectivity index (χ1n) is 16.1. The SMILES string of the molecule is CC(C)(C)[C@H]1CCc2nc3sc(C(=O)N[C@H](CCN4CCC(N)CC4)c4ccc(-c5c[nH]c(=O)c(F)c5)cc4)nc3cc2C1.O=CO. The van der Waals surface area contributed by atoms with Crippen molar-refractivity contribution in [2.24, 2.45) is 17.1 Å². The molecule has 4 aromatic rings. The van der Waals surface area contributed by atoms with Crippen molar-refractivity contribution in [1.29, 1.82) is 0 Å². The summed E-state index contributed by atoms with van der Waals surface area (Å²) in [6.07, 6.45) is 7.25. The molecular formula is C35H43FN6O4S. The number of nitrogens with zero attached hydrogens (tertiary/aromatic N) is 3. The number of aryl methyl sites for hydroxylation is 1. The number of nitrogens with two attached hydrogens (primary N) is 1. The first-order valence-corrected chi connectivity index (χ1v) is 16.9. The topological polar surface area (TPSA) is 154 Å². The molecule has 1 fully saturated rings. The van der Waals surface area contributed by atoms with Crippen molar-refractivity contribution in [3.05, 3.63) is 80.6 Å². The summed E-state index contributed by atoms with van der Waals surface area (Å²) >= 11 is 1.35. The highest BCUT2D eigenvalue weighted by Gasteiger charge is 2.30. The Morgan fingerprint density at radius 3 is 2.53 bits per heavy atom. The average molecular weight is 663 g/mol. The van der Waals surface area contributed by atoms with Crippen LogP contribution in [-0.2, 0) is 17.6 Å². The summed E-state index contributed by atoms with van der Waals surface area (Å²) in [5, 5.41) is 10.6. The minimum Gasteiger partial charge on any atom is -0.483 e. The number of hydrogen-bond acceptors (Lipinski definition) is 8. The Morgan fingerprint density at radius 2 is 1.87 bits per heavy atom. The summed E-state index contributed by atoms with van der Waals surface area (Å²) < 4.78 is 13.9. The number of aromatic amines is 1. The van der Waals surface area contributed by atoms with Crippen LogP contribution in [0.15, 0.2) is 47.4 Å². The van der Waals surface area contributed by atoms with E-state index in [1.54, 1.807) is 0 Å². The second-order valence-electron chi connectivity index (χ2n) is 13.5. The normalized spacial score (nSPS) is 17.8. The van der Waals surface area contributed by atoms with E-state index in [1.807, 2.05) is 24.3 Å². The maximum atomic E-state index is 13.9. The molecule has 1 aliphatic heterocycles. The highest BCUT2D eigenvalue weighted by Crippen LogP contribution is 2.38. The van der Waals surface area contributed by atoms with Crippen molar-refractivity contribution in [1.82, 2.24) is 25.2 Å². The van der Waals surface area contributed by atoms with Gasteiger partial charge in [-0.3, -0.25) is 14.4 Å². The molecular weight excluding hydrogens is 619 g/mol. The Bertz CT molecular complexity index is 1760. The van der Waals surface area contributed by atoms with E-state index in [-0.39, 0.29) is 29.9 Å². The molecule has 1 aliphatic carbocycles. The Labute approximate surface area is 277 Å². The van der Waals surface area contributed by atoms with Gasteiger partial charge in [-0.1, -0.05) is 56.4 Å². The summed E-state index contributed by atoms with van der Waals surface area (Å²) in [5.41, 5.74) is 11.1. The lowest BCUT2D eigenvalue weighted by Gasteiger charge is -2.34. The van der Waals surface area contributed by atoms with Crippen molar-refractivity contribution in [2.75, 3.05) is 19.6 Å². The van der Waals surface area contributed by atoms with Crippen LogP contribution in [0.25, 0.3) is 21.5 Å². The third-order valence-electron chi connectivity index (χ3n) is 9.34. The number of pyridine rings is 2. The van der Waals surface area contributed by atoms with Crippen LogP contribution in [0.5, 0.6) is 0 Å². The van der Waals surface area contributed by atoms with E-state index in [9.17, 15) is 14.0 Å². The molecule has 1 aromatic carbocycles. The van der Waals surface area contributed by atoms with E-state index < -0.39 is 11.4 Å². The molecule has 250 valence electrons. The Morgan fingerprint density at radius 1 is 1.17 bits per heavy atom. The molecule has 5 N–H and O–H groups in total. The van der Waals surface area contributed by atoms with Crippen LogP contribution in [0.4, 0.5) is 4.39 Å². The maximum Gasteiger partial charge on any atom is 0.290 e. The largest absolute Gasteiger partial charge is 0.483 e. The third-order valence-corrected chi connectivity index (χ3v) is 10.3. The van der Waals surface area contributed by atoms with E-state index in [0.717, 1.165) is 85.3 Å². The van der Waals surface area contributed by atoms with Gasteiger partial charge in [-0.05, 0) is 91.8 Å². The summed E-state index contributed by atoms with van der Waals surface area (Å²) in [4.78, 5) is 48.8. The zero-order valence-electron chi connectivity index (χ0n) is 27.1. The van der Waals surface area contributed by atoms with Crippen molar-refractivity contribution in [3.8, 4) is 11.1 Å². The van der Waals surface area contributed by atoms with Crippen LogP contribution in [0.1, 0.15) is 79.1 Å². The number of aromatic nitrogens is 3. The molecule has 2 atom stereocenters. The van der Waals surface area contributed by atoms with Gasteiger partial charge in [0.05, 0.1) is 6.04 Å². The molecule has 0 spiro atoms. The number of amides is 1. The van der Waals surface area contributed by atoms with Gasteiger partial charge in [0, 0.05) is 30.0 Å². The predicted octanol–water partition coefficient (Wildman–Crippen LogP) is 5.32. The molecule has 0 bridgehead atoms. The van der Waals surface area contributed by atoms with Gasteiger partial charge in [0.15, 0.2) is 10.8 Å². The predicted molar refractivity (Wildman–Crippen MR) is 182 cm³/mol. The number of hydrogen-bond donors (Lipinski definition) is 4. The van der Waals surface area contributed by atoms with E-state index in [2.05, 4.69) is 42.0 Å². The molecule has 10 nitrogen and oxygen atoms in total. The lowest BCUT2D eigenvalue weighted by molar-refractivity contribution is -0.122.